The second-order valence-corrected chi connectivity index (χ2v) is 6.59. The van der Waals surface area contributed by atoms with E-state index in [0.717, 1.165) is 10.0 Å². The van der Waals surface area contributed by atoms with E-state index in [2.05, 4.69) is 20.7 Å². The Kier molecular flexibility index (Phi) is 4.91. The molecule has 0 bridgehead atoms. The Labute approximate surface area is 104 Å². The lowest BCUT2D eigenvalue weighted by atomic mass is 10.2. The number of aliphatic hydroxyl groups excluding tert-OH is 1. The van der Waals surface area contributed by atoms with Crippen LogP contribution in [0.4, 0.5) is 0 Å². The van der Waals surface area contributed by atoms with Crippen molar-refractivity contribution in [2.75, 3.05) is 6.61 Å². The van der Waals surface area contributed by atoms with Gasteiger partial charge in [-0.1, -0.05) is 28.1 Å². The van der Waals surface area contributed by atoms with Crippen LogP contribution in [0.25, 0.3) is 0 Å². The second-order valence-electron chi connectivity index (χ2n) is 3.49. The van der Waals surface area contributed by atoms with Gasteiger partial charge >= 0.3 is 0 Å². The van der Waals surface area contributed by atoms with E-state index < -0.39 is 15.3 Å². The molecule has 0 fully saturated rings. The van der Waals surface area contributed by atoms with Gasteiger partial charge < -0.3 is 5.11 Å². The molecule has 0 heterocycles. The summed E-state index contributed by atoms with van der Waals surface area (Å²) in [5, 5.41) is 7.99. The molecule has 1 aromatic carbocycles. The Morgan fingerprint density at radius 3 is 2.75 bits per heavy atom. The largest absolute Gasteiger partial charge is 0.395 e. The van der Waals surface area contributed by atoms with Crippen LogP contribution in [0.15, 0.2) is 28.7 Å². The molecule has 0 radical (unpaired) electrons. The standard InChI is InChI=1S/C10H14BrNO3S/c1-8(7-13)16(14,15)12-6-9-3-2-4-10(11)5-9/h2-5,8,12-13H,6-7H2,1H3. The number of sulfonamides is 1. The fraction of sp³-hybridized carbons (Fsp3) is 0.400. The SMILES string of the molecule is CC(CO)S(=O)(=O)NCc1cccc(Br)c1. The van der Waals surface area contributed by atoms with Gasteiger partial charge in [0.15, 0.2) is 0 Å². The summed E-state index contributed by atoms with van der Waals surface area (Å²) in [4.78, 5) is 0. The van der Waals surface area contributed by atoms with Gasteiger partial charge in [-0.15, -0.1) is 0 Å². The van der Waals surface area contributed by atoms with Gasteiger partial charge in [0.25, 0.3) is 0 Å². The molecule has 1 rings (SSSR count). The van der Waals surface area contributed by atoms with Crippen LogP contribution in [-0.4, -0.2) is 25.4 Å². The minimum atomic E-state index is -3.44. The highest BCUT2D eigenvalue weighted by atomic mass is 79.9. The molecule has 16 heavy (non-hydrogen) atoms. The van der Waals surface area contributed by atoms with E-state index in [1.54, 1.807) is 0 Å². The molecule has 4 nitrogen and oxygen atoms in total. The zero-order chi connectivity index (χ0) is 12.2. The summed E-state index contributed by atoms with van der Waals surface area (Å²) in [6.07, 6.45) is 0. The average Bonchev–Trinajstić information content (AvgIpc) is 2.25. The molecule has 0 aliphatic carbocycles. The maximum absolute atomic E-state index is 11.5. The Hall–Kier alpha value is -0.430. The number of hydrogen-bond acceptors (Lipinski definition) is 3. The van der Waals surface area contributed by atoms with Gasteiger partial charge in [0.05, 0.1) is 11.9 Å². The summed E-state index contributed by atoms with van der Waals surface area (Å²) in [6.45, 7) is 1.31. The maximum Gasteiger partial charge on any atom is 0.216 e. The first-order valence-electron chi connectivity index (χ1n) is 4.79. The van der Waals surface area contributed by atoms with Crippen molar-refractivity contribution in [3.8, 4) is 0 Å². The van der Waals surface area contributed by atoms with Crippen molar-refractivity contribution in [1.82, 2.24) is 4.72 Å². The fourth-order valence-corrected chi connectivity index (χ4v) is 2.37. The number of hydrogen-bond donors (Lipinski definition) is 2. The number of nitrogens with one attached hydrogen (secondary N) is 1. The maximum atomic E-state index is 11.5. The minimum absolute atomic E-state index is 0.228. The van der Waals surface area contributed by atoms with Crippen molar-refractivity contribution in [3.05, 3.63) is 34.3 Å². The molecule has 0 saturated carbocycles. The van der Waals surface area contributed by atoms with Crippen LogP contribution in [-0.2, 0) is 16.6 Å². The third-order valence-electron chi connectivity index (χ3n) is 2.15. The van der Waals surface area contributed by atoms with Crippen molar-refractivity contribution in [1.29, 1.82) is 0 Å². The molecule has 0 saturated heterocycles. The van der Waals surface area contributed by atoms with Crippen molar-refractivity contribution < 1.29 is 13.5 Å². The molecule has 0 aromatic heterocycles. The van der Waals surface area contributed by atoms with Crippen LogP contribution >= 0.6 is 15.9 Å². The second kappa shape index (κ2) is 5.77. The number of benzene rings is 1. The molecule has 1 unspecified atom stereocenters. The predicted molar refractivity (Wildman–Crippen MR) is 66.4 cm³/mol. The smallest absolute Gasteiger partial charge is 0.216 e. The topological polar surface area (TPSA) is 66.4 Å². The minimum Gasteiger partial charge on any atom is -0.395 e. The summed E-state index contributed by atoms with van der Waals surface area (Å²) < 4.78 is 26.4. The van der Waals surface area contributed by atoms with Crippen LogP contribution in [0, 0.1) is 0 Å². The third kappa shape index (κ3) is 3.86. The molecule has 0 aliphatic rings. The van der Waals surface area contributed by atoms with E-state index in [-0.39, 0.29) is 13.2 Å². The first-order chi connectivity index (χ1) is 7.45. The normalized spacial score (nSPS) is 13.7. The first kappa shape index (κ1) is 13.6. The van der Waals surface area contributed by atoms with Gasteiger partial charge in [-0.2, -0.15) is 0 Å². The molecule has 0 spiro atoms. The van der Waals surface area contributed by atoms with Gasteiger partial charge in [0.2, 0.25) is 10.0 Å². The third-order valence-corrected chi connectivity index (χ3v) is 4.40. The van der Waals surface area contributed by atoms with E-state index in [9.17, 15) is 8.42 Å². The van der Waals surface area contributed by atoms with Gasteiger partial charge in [-0.3, -0.25) is 0 Å². The number of aliphatic hydroxyl groups is 1. The van der Waals surface area contributed by atoms with Crippen LogP contribution in [0.2, 0.25) is 0 Å². The lowest BCUT2D eigenvalue weighted by Gasteiger charge is -2.11. The monoisotopic (exact) mass is 307 g/mol. The quantitative estimate of drug-likeness (QED) is 0.860. The van der Waals surface area contributed by atoms with Gasteiger partial charge in [0, 0.05) is 11.0 Å². The van der Waals surface area contributed by atoms with E-state index >= 15 is 0 Å². The van der Waals surface area contributed by atoms with Crippen LogP contribution < -0.4 is 4.72 Å². The van der Waals surface area contributed by atoms with Gasteiger partial charge in [-0.25, -0.2) is 13.1 Å². The number of halogens is 1. The molecule has 0 aliphatic heterocycles. The molecule has 1 atom stereocenters. The van der Waals surface area contributed by atoms with E-state index in [0.29, 0.717) is 0 Å². The molecule has 6 heteroatoms. The molecule has 0 amide bonds. The molecule has 90 valence electrons. The fourth-order valence-electron chi connectivity index (χ4n) is 1.07. The van der Waals surface area contributed by atoms with Crippen molar-refractivity contribution >= 4 is 26.0 Å². The summed E-state index contributed by atoms with van der Waals surface area (Å²) in [5.74, 6) is 0. The highest BCUT2D eigenvalue weighted by Gasteiger charge is 2.18. The highest BCUT2D eigenvalue weighted by molar-refractivity contribution is 9.10. The summed E-state index contributed by atoms with van der Waals surface area (Å²) >= 11 is 3.31. The van der Waals surface area contributed by atoms with Crippen molar-refractivity contribution in [2.24, 2.45) is 0 Å². The Balaban J connectivity index is 2.65. The average molecular weight is 308 g/mol. The van der Waals surface area contributed by atoms with Gasteiger partial charge in [0.1, 0.15) is 0 Å². The molecule has 1 aromatic rings. The molecular formula is C10H14BrNO3S. The Morgan fingerprint density at radius 2 is 2.19 bits per heavy atom. The summed E-state index contributed by atoms with van der Waals surface area (Å²) in [6, 6.07) is 7.38. The summed E-state index contributed by atoms with van der Waals surface area (Å²) in [7, 11) is -3.44. The summed E-state index contributed by atoms with van der Waals surface area (Å²) in [5.41, 5.74) is 0.864. The first-order valence-corrected chi connectivity index (χ1v) is 7.13. The number of rotatable bonds is 5. The van der Waals surface area contributed by atoms with Crippen LogP contribution in [0.3, 0.4) is 0 Å². The van der Waals surface area contributed by atoms with E-state index in [4.69, 9.17) is 5.11 Å². The molecular weight excluding hydrogens is 294 g/mol. The van der Waals surface area contributed by atoms with Crippen LogP contribution in [0.5, 0.6) is 0 Å². The van der Waals surface area contributed by atoms with E-state index in [1.165, 1.54) is 6.92 Å². The lowest BCUT2D eigenvalue weighted by Crippen LogP contribution is -2.34. The molecule has 2 N–H and O–H groups in total. The van der Waals surface area contributed by atoms with E-state index in [1.807, 2.05) is 24.3 Å². The Bertz CT molecular complexity index is 447. The van der Waals surface area contributed by atoms with Crippen LogP contribution in [0.1, 0.15) is 12.5 Å². The predicted octanol–water partition coefficient (Wildman–Crippen LogP) is 1.25. The van der Waals surface area contributed by atoms with Gasteiger partial charge in [-0.05, 0) is 24.6 Å². The highest BCUT2D eigenvalue weighted by Crippen LogP contribution is 2.11. The lowest BCUT2D eigenvalue weighted by molar-refractivity contribution is 0.294. The van der Waals surface area contributed by atoms with Crippen molar-refractivity contribution in [3.63, 3.8) is 0 Å². The zero-order valence-electron chi connectivity index (χ0n) is 8.85. The zero-order valence-corrected chi connectivity index (χ0v) is 11.3. The van der Waals surface area contributed by atoms with Crippen molar-refractivity contribution in [2.45, 2.75) is 18.7 Å². The Morgan fingerprint density at radius 1 is 1.50 bits per heavy atom.